The van der Waals surface area contributed by atoms with E-state index in [4.69, 9.17) is 0 Å². The topological polar surface area (TPSA) is 40.5 Å². The molecule has 102 valence electrons. The third-order valence-corrected chi connectivity index (χ3v) is 4.23. The van der Waals surface area contributed by atoms with Gasteiger partial charge in [0.2, 0.25) is 0 Å². The summed E-state index contributed by atoms with van der Waals surface area (Å²) in [6.07, 6.45) is 11.7. The van der Waals surface area contributed by atoms with Gasteiger partial charge in [0.05, 0.1) is 6.10 Å². The molecule has 1 aliphatic carbocycles. The van der Waals surface area contributed by atoms with Crippen LogP contribution in [0.1, 0.15) is 71.1 Å². The van der Waals surface area contributed by atoms with E-state index in [-0.39, 0.29) is 6.10 Å². The zero-order valence-corrected chi connectivity index (χ0v) is 11.4. The van der Waals surface area contributed by atoms with Crippen LogP contribution < -0.4 is 0 Å². The maximum absolute atomic E-state index is 9.94. The van der Waals surface area contributed by atoms with Gasteiger partial charge in [-0.2, -0.15) is 0 Å². The molecule has 17 heavy (non-hydrogen) atoms. The van der Waals surface area contributed by atoms with E-state index >= 15 is 0 Å². The molecule has 1 aliphatic rings. The van der Waals surface area contributed by atoms with Crippen LogP contribution in [-0.2, 0) is 0 Å². The maximum atomic E-state index is 9.94. The van der Waals surface area contributed by atoms with Gasteiger partial charge in [0.25, 0.3) is 0 Å². The van der Waals surface area contributed by atoms with Crippen molar-refractivity contribution in [3.05, 3.63) is 0 Å². The molecule has 0 radical (unpaired) electrons. The zero-order chi connectivity index (χ0) is 12.5. The van der Waals surface area contributed by atoms with E-state index in [0.29, 0.717) is 18.4 Å². The average Bonchev–Trinajstić information content (AvgIpc) is 2.35. The Hall–Kier alpha value is -0.0800. The van der Waals surface area contributed by atoms with Gasteiger partial charge in [-0.1, -0.05) is 45.4 Å². The van der Waals surface area contributed by atoms with Crippen molar-refractivity contribution in [1.82, 2.24) is 0 Å². The van der Waals surface area contributed by atoms with E-state index in [1.807, 2.05) is 0 Å². The minimum absolute atomic E-state index is 0.103. The molecule has 2 nitrogen and oxygen atoms in total. The quantitative estimate of drug-likeness (QED) is 0.639. The van der Waals surface area contributed by atoms with Gasteiger partial charge in [-0.3, -0.25) is 0 Å². The van der Waals surface area contributed by atoms with Gasteiger partial charge >= 0.3 is 0 Å². The Balaban J connectivity index is 2.20. The Labute approximate surface area is 106 Å². The van der Waals surface area contributed by atoms with Crippen LogP contribution >= 0.6 is 0 Å². The summed E-state index contributed by atoms with van der Waals surface area (Å²) in [5.41, 5.74) is 0. The summed E-state index contributed by atoms with van der Waals surface area (Å²) in [4.78, 5) is 0. The summed E-state index contributed by atoms with van der Waals surface area (Å²) in [7, 11) is 0. The van der Waals surface area contributed by atoms with Crippen molar-refractivity contribution in [3.8, 4) is 0 Å². The number of aliphatic hydroxyl groups is 2. The van der Waals surface area contributed by atoms with Crippen LogP contribution in [0.5, 0.6) is 0 Å². The Morgan fingerprint density at radius 2 is 1.88 bits per heavy atom. The van der Waals surface area contributed by atoms with Crippen LogP contribution in [0, 0.1) is 11.8 Å². The van der Waals surface area contributed by atoms with Gasteiger partial charge in [0.15, 0.2) is 0 Å². The van der Waals surface area contributed by atoms with E-state index in [9.17, 15) is 10.2 Å². The predicted molar refractivity (Wildman–Crippen MR) is 71.9 cm³/mol. The molecular formula is C15H30O2. The third-order valence-electron chi connectivity index (χ3n) is 4.23. The summed E-state index contributed by atoms with van der Waals surface area (Å²) in [6.45, 7) is 2.53. The first-order chi connectivity index (χ1) is 8.27. The first-order valence-electron chi connectivity index (χ1n) is 7.56. The standard InChI is InChI=1S/C15H30O2/c1-2-3-4-5-8-13(12-16)11-14-9-6-7-10-15(14)17/h13-17H,2-12H2,1H3. The molecule has 1 saturated carbocycles. The lowest BCUT2D eigenvalue weighted by molar-refractivity contribution is 0.0473. The molecule has 0 aliphatic heterocycles. The van der Waals surface area contributed by atoms with E-state index < -0.39 is 0 Å². The van der Waals surface area contributed by atoms with Crippen molar-refractivity contribution in [2.45, 2.75) is 77.2 Å². The highest BCUT2D eigenvalue weighted by Gasteiger charge is 2.25. The van der Waals surface area contributed by atoms with Gasteiger partial charge < -0.3 is 10.2 Å². The highest BCUT2D eigenvalue weighted by Crippen LogP contribution is 2.31. The number of rotatable bonds is 8. The van der Waals surface area contributed by atoms with Crippen LogP contribution in [0.25, 0.3) is 0 Å². The Morgan fingerprint density at radius 1 is 1.12 bits per heavy atom. The van der Waals surface area contributed by atoms with Crippen molar-refractivity contribution in [2.75, 3.05) is 6.61 Å². The SMILES string of the molecule is CCCCCCC(CO)CC1CCCCC1O. The molecule has 2 heteroatoms. The zero-order valence-electron chi connectivity index (χ0n) is 11.4. The highest BCUT2D eigenvalue weighted by molar-refractivity contribution is 4.77. The fraction of sp³-hybridized carbons (Fsp3) is 1.00. The van der Waals surface area contributed by atoms with Crippen LogP contribution in [0.15, 0.2) is 0 Å². The lowest BCUT2D eigenvalue weighted by Crippen LogP contribution is -2.27. The molecule has 0 heterocycles. The van der Waals surface area contributed by atoms with Crippen LogP contribution in [-0.4, -0.2) is 22.9 Å². The predicted octanol–water partition coefficient (Wildman–Crippen LogP) is 3.51. The fourth-order valence-electron chi connectivity index (χ4n) is 3.03. The number of unbranched alkanes of at least 4 members (excludes halogenated alkanes) is 3. The van der Waals surface area contributed by atoms with Crippen molar-refractivity contribution in [3.63, 3.8) is 0 Å². The fourth-order valence-corrected chi connectivity index (χ4v) is 3.03. The number of hydrogen-bond acceptors (Lipinski definition) is 2. The molecule has 3 unspecified atom stereocenters. The van der Waals surface area contributed by atoms with Gasteiger partial charge in [-0.05, 0) is 37.5 Å². The van der Waals surface area contributed by atoms with Gasteiger partial charge in [-0.15, -0.1) is 0 Å². The second-order valence-electron chi connectivity index (χ2n) is 5.75. The molecule has 0 aromatic heterocycles. The number of aliphatic hydroxyl groups excluding tert-OH is 2. The molecule has 0 saturated heterocycles. The van der Waals surface area contributed by atoms with Crippen LogP contribution in [0.2, 0.25) is 0 Å². The summed E-state index contributed by atoms with van der Waals surface area (Å²) in [5, 5.41) is 19.4. The van der Waals surface area contributed by atoms with Crippen molar-refractivity contribution in [2.24, 2.45) is 11.8 Å². The van der Waals surface area contributed by atoms with Gasteiger partial charge in [0, 0.05) is 6.61 Å². The maximum Gasteiger partial charge on any atom is 0.0568 e. The highest BCUT2D eigenvalue weighted by atomic mass is 16.3. The van der Waals surface area contributed by atoms with Crippen LogP contribution in [0.3, 0.4) is 0 Å². The summed E-state index contributed by atoms with van der Waals surface area (Å²) < 4.78 is 0. The summed E-state index contributed by atoms with van der Waals surface area (Å²) in [6, 6.07) is 0. The lowest BCUT2D eigenvalue weighted by atomic mass is 9.79. The van der Waals surface area contributed by atoms with Crippen LogP contribution in [0.4, 0.5) is 0 Å². The molecule has 0 aromatic rings. The van der Waals surface area contributed by atoms with E-state index in [1.165, 1.54) is 38.5 Å². The van der Waals surface area contributed by atoms with E-state index in [1.54, 1.807) is 0 Å². The van der Waals surface area contributed by atoms with Gasteiger partial charge in [0.1, 0.15) is 0 Å². The molecule has 1 rings (SSSR count). The Kier molecular flexibility index (Phi) is 7.87. The van der Waals surface area contributed by atoms with Crippen molar-refractivity contribution >= 4 is 0 Å². The normalized spacial score (nSPS) is 27.0. The molecule has 0 aromatic carbocycles. The summed E-state index contributed by atoms with van der Waals surface area (Å²) in [5.74, 6) is 0.872. The largest absolute Gasteiger partial charge is 0.396 e. The average molecular weight is 242 g/mol. The molecule has 1 fully saturated rings. The monoisotopic (exact) mass is 242 g/mol. The lowest BCUT2D eigenvalue weighted by Gasteiger charge is -2.30. The van der Waals surface area contributed by atoms with E-state index in [0.717, 1.165) is 25.7 Å². The third kappa shape index (κ3) is 5.87. The van der Waals surface area contributed by atoms with Crippen molar-refractivity contribution in [1.29, 1.82) is 0 Å². The second kappa shape index (κ2) is 8.93. The second-order valence-corrected chi connectivity index (χ2v) is 5.75. The Morgan fingerprint density at radius 3 is 2.53 bits per heavy atom. The Bertz CT molecular complexity index is 182. The van der Waals surface area contributed by atoms with Gasteiger partial charge in [-0.25, -0.2) is 0 Å². The molecule has 0 bridgehead atoms. The van der Waals surface area contributed by atoms with Crippen molar-refractivity contribution < 1.29 is 10.2 Å². The molecule has 3 atom stereocenters. The minimum Gasteiger partial charge on any atom is -0.396 e. The summed E-state index contributed by atoms with van der Waals surface area (Å²) >= 11 is 0. The molecule has 2 N–H and O–H groups in total. The first kappa shape index (κ1) is 15.0. The number of hydrogen-bond donors (Lipinski definition) is 2. The molecular weight excluding hydrogens is 212 g/mol. The molecule has 0 spiro atoms. The smallest absolute Gasteiger partial charge is 0.0568 e. The minimum atomic E-state index is -0.103. The molecule has 0 amide bonds. The van der Waals surface area contributed by atoms with E-state index in [2.05, 4.69) is 6.92 Å². The first-order valence-corrected chi connectivity index (χ1v) is 7.56.